The van der Waals surface area contributed by atoms with Gasteiger partial charge in [-0.2, -0.15) is 0 Å². The number of rotatable bonds is 9. The molecule has 0 aromatic heterocycles. The largest absolute Gasteiger partial charge is 0.497 e. The lowest BCUT2D eigenvalue weighted by Crippen LogP contribution is -2.46. The fourth-order valence-corrected chi connectivity index (χ4v) is 3.49. The molecule has 0 heterocycles. The molecule has 9 heteroatoms. The molecule has 0 spiro atoms. The fraction of sp³-hybridized carbons (Fsp3) is 0.609. The van der Waals surface area contributed by atoms with Gasteiger partial charge in [-0.3, -0.25) is 9.59 Å². The van der Waals surface area contributed by atoms with Crippen molar-refractivity contribution in [3.63, 3.8) is 0 Å². The van der Waals surface area contributed by atoms with Crippen LogP contribution in [0.3, 0.4) is 0 Å². The molecule has 1 aliphatic rings. The van der Waals surface area contributed by atoms with Gasteiger partial charge >= 0.3 is 5.97 Å². The van der Waals surface area contributed by atoms with Crippen molar-refractivity contribution in [3.05, 3.63) is 29.8 Å². The highest BCUT2D eigenvalue weighted by molar-refractivity contribution is 14.0. The lowest BCUT2D eigenvalue weighted by Gasteiger charge is -2.29. The molecule has 1 aromatic carbocycles. The van der Waals surface area contributed by atoms with Crippen LogP contribution < -0.4 is 15.4 Å². The molecule has 0 saturated heterocycles. The number of benzene rings is 1. The molecule has 1 saturated carbocycles. The third-order valence-corrected chi connectivity index (χ3v) is 5.42. The van der Waals surface area contributed by atoms with Crippen molar-refractivity contribution in [2.24, 2.45) is 10.9 Å². The molecule has 1 aliphatic carbocycles. The summed E-state index contributed by atoms with van der Waals surface area (Å²) in [4.78, 5) is 29.9. The number of likely N-dealkylation sites (N-methyl/N-ethyl adjacent to an activating group) is 1. The van der Waals surface area contributed by atoms with Crippen LogP contribution in [0, 0.1) is 5.92 Å². The average Bonchev–Trinajstić information content (AvgIpc) is 2.78. The Balaban J connectivity index is 0.00000512. The zero-order valence-corrected chi connectivity index (χ0v) is 21.9. The number of halogens is 1. The van der Waals surface area contributed by atoms with Gasteiger partial charge in [0, 0.05) is 26.7 Å². The maximum atomic E-state index is 12.0. The van der Waals surface area contributed by atoms with Crippen LogP contribution in [0.15, 0.2) is 29.3 Å². The van der Waals surface area contributed by atoms with Crippen molar-refractivity contribution in [3.8, 4) is 5.75 Å². The molecule has 8 nitrogen and oxygen atoms in total. The highest BCUT2D eigenvalue weighted by atomic mass is 127. The monoisotopic (exact) mass is 560 g/mol. The summed E-state index contributed by atoms with van der Waals surface area (Å²) in [5.74, 6) is 1.30. The van der Waals surface area contributed by atoms with Crippen LogP contribution in [-0.4, -0.2) is 69.7 Å². The van der Waals surface area contributed by atoms with Gasteiger partial charge in [0.2, 0.25) is 5.91 Å². The van der Waals surface area contributed by atoms with E-state index in [-0.39, 0.29) is 54.4 Å². The number of amides is 1. The number of ether oxygens (including phenoxy) is 2. The summed E-state index contributed by atoms with van der Waals surface area (Å²) in [6, 6.07) is 8.18. The third kappa shape index (κ3) is 9.62. The van der Waals surface area contributed by atoms with E-state index < -0.39 is 0 Å². The van der Waals surface area contributed by atoms with Crippen LogP contribution in [0.25, 0.3) is 0 Å². The average molecular weight is 560 g/mol. The Kier molecular flexibility index (Phi) is 13.0. The molecule has 0 atom stereocenters. The summed E-state index contributed by atoms with van der Waals surface area (Å²) < 4.78 is 10.3. The zero-order chi connectivity index (χ0) is 22.6. The molecule has 180 valence electrons. The number of hydrogen-bond acceptors (Lipinski definition) is 5. The first kappa shape index (κ1) is 28.0. The number of carbonyl (C=O) groups excluding carboxylic acids is 2. The number of carbonyl (C=O) groups is 2. The molecule has 2 rings (SSSR count). The Morgan fingerprint density at radius 1 is 1.12 bits per heavy atom. The summed E-state index contributed by atoms with van der Waals surface area (Å²) in [6.07, 6.45) is 4.15. The van der Waals surface area contributed by atoms with Gasteiger partial charge in [0.25, 0.3) is 0 Å². The number of nitrogens with one attached hydrogen (secondary N) is 2. The summed E-state index contributed by atoms with van der Waals surface area (Å²) in [7, 11) is 5.09. The highest BCUT2D eigenvalue weighted by Gasteiger charge is 2.27. The molecule has 2 N–H and O–H groups in total. The number of esters is 1. The minimum Gasteiger partial charge on any atom is -0.497 e. The van der Waals surface area contributed by atoms with Crippen molar-refractivity contribution in [1.29, 1.82) is 0 Å². The van der Waals surface area contributed by atoms with E-state index in [1.165, 1.54) is 10.5 Å². The van der Waals surface area contributed by atoms with E-state index in [2.05, 4.69) is 15.6 Å². The van der Waals surface area contributed by atoms with Gasteiger partial charge < -0.3 is 25.0 Å². The minimum absolute atomic E-state index is 0. The Morgan fingerprint density at radius 3 is 2.34 bits per heavy atom. The second-order valence-corrected chi connectivity index (χ2v) is 7.92. The Bertz CT molecular complexity index is 732. The first-order chi connectivity index (χ1) is 14.9. The van der Waals surface area contributed by atoms with Gasteiger partial charge in [0.15, 0.2) is 5.96 Å². The van der Waals surface area contributed by atoms with Crippen LogP contribution in [0.4, 0.5) is 0 Å². The topological polar surface area (TPSA) is 92.3 Å². The summed E-state index contributed by atoms with van der Waals surface area (Å²) in [6.45, 7) is 3.03. The SMILES string of the molecule is CCOC(=O)C1CCC(NC(=NCC(=O)N(C)C)NCCc2ccc(OC)cc2)CC1.I. The summed E-state index contributed by atoms with van der Waals surface area (Å²) >= 11 is 0. The van der Waals surface area contributed by atoms with Crippen molar-refractivity contribution < 1.29 is 19.1 Å². The number of guanidine groups is 1. The Morgan fingerprint density at radius 2 is 1.78 bits per heavy atom. The van der Waals surface area contributed by atoms with E-state index >= 15 is 0 Å². The first-order valence-corrected chi connectivity index (χ1v) is 11.0. The van der Waals surface area contributed by atoms with Crippen LogP contribution >= 0.6 is 24.0 Å². The van der Waals surface area contributed by atoms with Crippen molar-refractivity contribution >= 4 is 41.8 Å². The number of methoxy groups -OCH3 is 1. The predicted octanol–water partition coefficient (Wildman–Crippen LogP) is 2.60. The first-order valence-electron chi connectivity index (χ1n) is 11.0. The molecule has 0 radical (unpaired) electrons. The number of aliphatic imine (C=N–C) groups is 1. The Hall–Kier alpha value is -2.04. The lowest BCUT2D eigenvalue weighted by atomic mass is 9.86. The minimum atomic E-state index is -0.0935. The molecule has 1 aromatic rings. The maximum absolute atomic E-state index is 12.0. The molecule has 1 fully saturated rings. The molecule has 0 bridgehead atoms. The Labute approximate surface area is 208 Å². The molecular formula is C23H37IN4O4. The van der Waals surface area contributed by atoms with Gasteiger partial charge in [-0.1, -0.05) is 12.1 Å². The van der Waals surface area contributed by atoms with E-state index in [1.807, 2.05) is 31.2 Å². The van der Waals surface area contributed by atoms with E-state index in [0.29, 0.717) is 19.1 Å². The van der Waals surface area contributed by atoms with Crippen molar-refractivity contribution in [2.75, 3.05) is 40.9 Å². The second-order valence-electron chi connectivity index (χ2n) is 7.92. The highest BCUT2D eigenvalue weighted by Crippen LogP contribution is 2.25. The standard InChI is InChI=1S/C23H36N4O4.HI/c1-5-31-22(29)18-8-10-19(11-9-18)26-23(25-16-21(28)27(2)3)24-15-14-17-6-12-20(30-4)13-7-17;/h6-7,12-13,18-19H,5,8-11,14-16H2,1-4H3,(H2,24,25,26);1H. The number of hydrogen-bond donors (Lipinski definition) is 2. The molecule has 0 aliphatic heterocycles. The quantitative estimate of drug-likeness (QED) is 0.209. The van der Waals surface area contributed by atoms with Crippen LogP contribution in [0.2, 0.25) is 0 Å². The van der Waals surface area contributed by atoms with Gasteiger partial charge in [-0.05, 0) is 56.7 Å². The second kappa shape index (κ2) is 14.9. The van der Waals surface area contributed by atoms with Gasteiger partial charge in [-0.15, -0.1) is 24.0 Å². The molecule has 32 heavy (non-hydrogen) atoms. The molecule has 0 unspecified atom stereocenters. The van der Waals surface area contributed by atoms with E-state index in [4.69, 9.17) is 9.47 Å². The van der Waals surface area contributed by atoms with E-state index in [9.17, 15) is 9.59 Å². The van der Waals surface area contributed by atoms with Crippen LogP contribution in [-0.2, 0) is 20.7 Å². The van der Waals surface area contributed by atoms with Crippen LogP contribution in [0.5, 0.6) is 5.75 Å². The predicted molar refractivity (Wildman–Crippen MR) is 137 cm³/mol. The van der Waals surface area contributed by atoms with E-state index in [0.717, 1.165) is 37.9 Å². The van der Waals surface area contributed by atoms with Crippen molar-refractivity contribution in [1.82, 2.24) is 15.5 Å². The smallest absolute Gasteiger partial charge is 0.308 e. The van der Waals surface area contributed by atoms with Gasteiger partial charge in [0.05, 0.1) is 19.6 Å². The number of nitrogens with zero attached hydrogens (tertiary/aromatic N) is 2. The third-order valence-electron chi connectivity index (χ3n) is 5.42. The van der Waals surface area contributed by atoms with E-state index in [1.54, 1.807) is 21.2 Å². The van der Waals surface area contributed by atoms with Gasteiger partial charge in [-0.25, -0.2) is 4.99 Å². The maximum Gasteiger partial charge on any atom is 0.308 e. The molecular weight excluding hydrogens is 523 g/mol. The van der Waals surface area contributed by atoms with Gasteiger partial charge in [0.1, 0.15) is 12.3 Å². The summed E-state index contributed by atoms with van der Waals surface area (Å²) in [5, 5.41) is 6.78. The van der Waals surface area contributed by atoms with Crippen molar-refractivity contribution in [2.45, 2.75) is 45.1 Å². The molecule has 1 amide bonds. The lowest BCUT2D eigenvalue weighted by molar-refractivity contribution is -0.149. The van der Waals surface area contributed by atoms with Crippen LogP contribution in [0.1, 0.15) is 38.2 Å². The fourth-order valence-electron chi connectivity index (χ4n) is 3.49. The zero-order valence-electron chi connectivity index (χ0n) is 19.6. The normalized spacial score (nSPS) is 18.2. The summed E-state index contributed by atoms with van der Waals surface area (Å²) in [5.41, 5.74) is 1.19.